The molecule has 0 radical (unpaired) electrons. The van der Waals surface area contributed by atoms with Crippen LogP contribution in [-0.2, 0) is 14.2 Å². The molecule has 1 N–H and O–H groups in total. The lowest BCUT2D eigenvalue weighted by molar-refractivity contribution is -0.179. The van der Waals surface area contributed by atoms with E-state index in [4.69, 9.17) is 14.2 Å². The first-order valence-corrected chi connectivity index (χ1v) is 8.57. The fraction of sp³-hybridized carbons (Fsp3) is 1.00. The number of ether oxygens (including phenoxy) is 3. The fourth-order valence-corrected chi connectivity index (χ4v) is 3.70. The third-order valence-corrected chi connectivity index (χ3v) is 4.99. The van der Waals surface area contributed by atoms with Crippen LogP contribution < -0.4 is 5.32 Å². The van der Waals surface area contributed by atoms with Crippen LogP contribution in [0.5, 0.6) is 0 Å². The average Bonchev–Trinajstić information content (AvgIpc) is 2.96. The maximum atomic E-state index is 5.79. The molecule has 5 heteroatoms. The average molecular weight is 298 g/mol. The van der Waals surface area contributed by atoms with Gasteiger partial charge in [0, 0.05) is 38.5 Å². The molecule has 0 aromatic carbocycles. The summed E-state index contributed by atoms with van der Waals surface area (Å²) < 4.78 is 17.0. The molecule has 3 fully saturated rings. The zero-order chi connectivity index (χ0) is 14.5. The highest BCUT2D eigenvalue weighted by Gasteiger charge is 2.40. The number of rotatable bonds is 5. The summed E-state index contributed by atoms with van der Waals surface area (Å²) in [7, 11) is 0. The monoisotopic (exact) mass is 298 g/mol. The van der Waals surface area contributed by atoms with Gasteiger partial charge in [-0.15, -0.1) is 0 Å². The summed E-state index contributed by atoms with van der Waals surface area (Å²) in [5.41, 5.74) is 0. The topological polar surface area (TPSA) is 43.0 Å². The van der Waals surface area contributed by atoms with Crippen molar-refractivity contribution in [3.63, 3.8) is 0 Å². The van der Waals surface area contributed by atoms with E-state index >= 15 is 0 Å². The Morgan fingerprint density at radius 1 is 1.10 bits per heavy atom. The van der Waals surface area contributed by atoms with Crippen molar-refractivity contribution in [3.05, 3.63) is 0 Å². The van der Waals surface area contributed by atoms with E-state index in [9.17, 15) is 0 Å². The standard InChI is InChI=1S/C16H30N2O3/c1-14(13-18-6-8-19-9-7-18)12-17-15-2-4-16(5-3-15)20-10-11-21-16/h14-15,17H,2-13H2,1H3/t14-/m1/s1. The Hall–Kier alpha value is -0.200. The van der Waals surface area contributed by atoms with Crippen LogP contribution in [0.3, 0.4) is 0 Å². The summed E-state index contributed by atoms with van der Waals surface area (Å²) in [6.45, 7) is 10.1. The smallest absolute Gasteiger partial charge is 0.168 e. The first-order valence-electron chi connectivity index (χ1n) is 8.57. The molecule has 1 atom stereocenters. The van der Waals surface area contributed by atoms with Crippen molar-refractivity contribution in [2.75, 3.05) is 52.6 Å². The lowest BCUT2D eigenvalue weighted by Gasteiger charge is -2.36. The highest BCUT2D eigenvalue weighted by Crippen LogP contribution is 2.35. The molecule has 0 amide bonds. The number of hydrogen-bond donors (Lipinski definition) is 1. The lowest BCUT2D eigenvalue weighted by atomic mass is 9.90. The van der Waals surface area contributed by atoms with Gasteiger partial charge in [0.1, 0.15) is 0 Å². The SMILES string of the molecule is C[C@H](CNC1CCC2(CC1)OCCO2)CN1CCOCC1. The second-order valence-electron chi connectivity index (χ2n) is 6.81. The summed E-state index contributed by atoms with van der Waals surface area (Å²) >= 11 is 0. The van der Waals surface area contributed by atoms with Crippen LogP contribution in [0, 0.1) is 5.92 Å². The van der Waals surface area contributed by atoms with Gasteiger partial charge in [-0.2, -0.15) is 0 Å². The normalized spacial score (nSPS) is 29.0. The van der Waals surface area contributed by atoms with Gasteiger partial charge in [-0.25, -0.2) is 0 Å². The number of nitrogens with one attached hydrogen (secondary N) is 1. The third kappa shape index (κ3) is 4.39. The Bertz CT molecular complexity index is 305. The Morgan fingerprint density at radius 2 is 1.76 bits per heavy atom. The molecule has 0 aromatic heterocycles. The quantitative estimate of drug-likeness (QED) is 0.827. The Kier molecular flexibility index (Phi) is 5.51. The number of nitrogens with zero attached hydrogens (tertiary/aromatic N) is 1. The maximum absolute atomic E-state index is 5.79. The van der Waals surface area contributed by atoms with Gasteiger partial charge in [0.05, 0.1) is 26.4 Å². The highest BCUT2D eigenvalue weighted by molar-refractivity contribution is 4.85. The van der Waals surface area contributed by atoms with Gasteiger partial charge in [-0.3, -0.25) is 4.90 Å². The molecule has 1 saturated carbocycles. The minimum Gasteiger partial charge on any atom is -0.379 e. The van der Waals surface area contributed by atoms with Gasteiger partial charge in [0.15, 0.2) is 5.79 Å². The lowest BCUT2D eigenvalue weighted by Crippen LogP contribution is -2.45. The van der Waals surface area contributed by atoms with E-state index in [1.54, 1.807) is 0 Å². The van der Waals surface area contributed by atoms with Gasteiger partial charge >= 0.3 is 0 Å². The molecule has 3 aliphatic rings. The number of hydrogen-bond acceptors (Lipinski definition) is 5. The molecule has 122 valence electrons. The predicted octanol–water partition coefficient (Wildman–Crippen LogP) is 1.23. The summed E-state index contributed by atoms with van der Waals surface area (Å²) in [6.07, 6.45) is 4.43. The van der Waals surface area contributed by atoms with E-state index in [0.29, 0.717) is 12.0 Å². The fourth-order valence-electron chi connectivity index (χ4n) is 3.70. The van der Waals surface area contributed by atoms with Crippen molar-refractivity contribution in [2.24, 2.45) is 5.92 Å². The Morgan fingerprint density at radius 3 is 2.43 bits per heavy atom. The maximum Gasteiger partial charge on any atom is 0.168 e. The minimum absolute atomic E-state index is 0.225. The van der Waals surface area contributed by atoms with E-state index < -0.39 is 0 Å². The molecule has 1 spiro atoms. The largest absolute Gasteiger partial charge is 0.379 e. The Balaban J connectivity index is 1.32. The molecule has 0 aromatic rings. The van der Waals surface area contributed by atoms with Crippen molar-refractivity contribution in [3.8, 4) is 0 Å². The zero-order valence-electron chi connectivity index (χ0n) is 13.3. The van der Waals surface area contributed by atoms with Gasteiger partial charge in [0.25, 0.3) is 0 Å². The highest BCUT2D eigenvalue weighted by atomic mass is 16.7. The Labute approximate surface area is 128 Å². The van der Waals surface area contributed by atoms with E-state index in [1.807, 2.05) is 0 Å². The van der Waals surface area contributed by atoms with Crippen molar-refractivity contribution >= 4 is 0 Å². The zero-order valence-corrected chi connectivity index (χ0v) is 13.3. The van der Waals surface area contributed by atoms with Gasteiger partial charge in [0.2, 0.25) is 0 Å². The molecule has 3 rings (SSSR count). The van der Waals surface area contributed by atoms with Crippen LogP contribution >= 0.6 is 0 Å². The van der Waals surface area contributed by atoms with Gasteiger partial charge in [-0.05, 0) is 25.3 Å². The molecule has 21 heavy (non-hydrogen) atoms. The molecule has 2 heterocycles. The molecule has 1 aliphatic carbocycles. The molecule has 0 bridgehead atoms. The van der Waals surface area contributed by atoms with E-state index in [1.165, 1.54) is 19.4 Å². The summed E-state index contributed by atoms with van der Waals surface area (Å²) in [5, 5.41) is 3.75. The molecule has 0 unspecified atom stereocenters. The second kappa shape index (κ2) is 7.38. The van der Waals surface area contributed by atoms with Crippen LogP contribution in [-0.4, -0.2) is 69.3 Å². The molecular formula is C16H30N2O3. The van der Waals surface area contributed by atoms with Crippen LogP contribution in [0.25, 0.3) is 0 Å². The van der Waals surface area contributed by atoms with E-state index in [0.717, 1.165) is 58.9 Å². The van der Waals surface area contributed by atoms with E-state index in [-0.39, 0.29) is 5.79 Å². The first-order chi connectivity index (χ1) is 10.3. The van der Waals surface area contributed by atoms with Crippen molar-refractivity contribution in [1.82, 2.24) is 10.2 Å². The second-order valence-corrected chi connectivity index (χ2v) is 6.81. The predicted molar refractivity (Wildman–Crippen MR) is 81.3 cm³/mol. The van der Waals surface area contributed by atoms with Crippen LogP contribution in [0.4, 0.5) is 0 Å². The minimum atomic E-state index is -0.225. The van der Waals surface area contributed by atoms with E-state index in [2.05, 4.69) is 17.1 Å². The van der Waals surface area contributed by atoms with Crippen molar-refractivity contribution in [2.45, 2.75) is 44.4 Å². The van der Waals surface area contributed by atoms with Crippen LogP contribution in [0.15, 0.2) is 0 Å². The van der Waals surface area contributed by atoms with Crippen molar-refractivity contribution in [1.29, 1.82) is 0 Å². The molecular weight excluding hydrogens is 268 g/mol. The molecule has 2 saturated heterocycles. The van der Waals surface area contributed by atoms with Crippen molar-refractivity contribution < 1.29 is 14.2 Å². The van der Waals surface area contributed by atoms with Gasteiger partial charge < -0.3 is 19.5 Å². The third-order valence-electron chi connectivity index (χ3n) is 4.99. The van der Waals surface area contributed by atoms with Gasteiger partial charge in [-0.1, -0.05) is 6.92 Å². The summed E-state index contributed by atoms with van der Waals surface area (Å²) in [6, 6.07) is 0.635. The molecule has 5 nitrogen and oxygen atoms in total. The number of morpholine rings is 1. The summed E-state index contributed by atoms with van der Waals surface area (Å²) in [4.78, 5) is 2.52. The molecule has 2 aliphatic heterocycles. The van der Waals surface area contributed by atoms with Crippen LogP contribution in [0.1, 0.15) is 32.6 Å². The first kappa shape index (κ1) is 15.7. The van der Waals surface area contributed by atoms with Crippen LogP contribution in [0.2, 0.25) is 0 Å². The summed E-state index contributed by atoms with van der Waals surface area (Å²) in [5.74, 6) is 0.468.